The van der Waals surface area contributed by atoms with E-state index in [2.05, 4.69) is 10.6 Å². The molecule has 0 aromatic heterocycles. The minimum Gasteiger partial charge on any atom is -0.497 e. The number of benzene rings is 2. The van der Waals surface area contributed by atoms with Crippen LogP contribution in [-0.4, -0.2) is 47.7 Å². The molecule has 0 aliphatic carbocycles. The van der Waals surface area contributed by atoms with E-state index in [1.54, 1.807) is 19.2 Å². The second-order valence-corrected chi connectivity index (χ2v) is 6.42. The Kier molecular flexibility index (Phi) is 5.93. The van der Waals surface area contributed by atoms with E-state index >= 15 is 0 Å². The zero-order valence-corrected chi connectivity index (χ0v) is 15.1. The van der Waals surface area contributed by atoms with Gasteiger partial charge < -0.3 is 25.4 Å². The molecule has 1 saturated heterocycles. The third-order valence-corrected chi connectivity index (χ3v) is 4.49. The number of ether oxygens (including phenoxy) is 1. The fraction of sp³-hybridized carbons (Fsp3) is 0.300. The number of carbonyl (C=O) groups is 2. The number of methoxy groups -OCH3 is 1. The van der Waals surface area contributed by atoms with E-state index in [1.807, 2.05) is 42.5 Å². The number of rotatable bonds is 5. The number of anilines is 1. The van der Waals surface area contributed by atoms with Crippen molar-refractivity contribution in [3.8, 4) is 5.75 Å². The molecule has 0 unspecified atom stereocenters. The van der Waals surface area contributed by atoms with E-state index in [1.165, 1.54) is 4.90 Å². The van der Waals surface area contributed by atoms with Gasteiger partial charge in [-0.2, -0.15) is 0 Å². The first kappa shape index (κ1) is 18.7. The van der Waals surface area contributed by atoms with Gasteiger partial charge in [0.05, 0.1) is 13.2 Å². The maximum atomic E-state index is 12.6. The lowest BCUT2D eigenvalue weighted by Gasteiger charge is -2.24. The molecular weight excluding hydrogens is 346 g/mol. The van der Waals surface area contributed by atoms with Gasteiger partial charge in [-0.3, -0.25) is 4.79 Å². The summed E-state index contributed by atoms with van der Waals surface area (Å²) in [5.74, 6) is 0.457. The lowest BCUT2D eigenvalue weighted by atomic mass is 10.1. The zero-order chi connectivity index (χ0) is 19.2. The van der Waals surface area contributed by atoms with E-state index < -0.39 is 18.2 Å². The summed E-state index contributed by atoms with van der Waals surface area (Å²) in [6.45, 7) is 0.461. The number of hydrogen-bond donors (Lipinski definition) is 3. The van der Waals surface area contributed by atoms with Crippen molar-refractivity contribution in [3.63, 3.8) is 0 Å². The minimum absolute atomic E-state index is 0.124. The fourth-order valence-electron chi connectivity index (χ4n) is 3.05. The molecule has 1 aliphatic rings. The molecule has 7 nitrogen and oxygen atoms in total. The van der Waals surface area contributed by atoms with E-state index in [4.69, 9.17) is 4.74 Å². The molecule has 3 N–H and O–H groups in total. The monoisotopic (exact) mass is 369 g/mol. The zero-order valence-electron chi connectivity index (χ0n) is 15.1. The van der Waals surface area contributed by atoms with Crippen LogP contribution in [0.4, 0.5) is 10.5 Å². The topological polar surface area (TPSA) is 90.9 Å². The number of hydrogen-bond acceptors (Lipinski definition) is 4. The van der Waals surface area contributed by atoms with Crippen molar-refractivity contribution in [2.24, 2.45) is 0 Å². The van der Waals surface area contributed by atoms with Crippen molar-refractivity contribution in [3.05, 3.63) is 60.2 Å². The van der Waals surface area contributed by atoms with Gasteiger partial charge in [0.1, 0.15) is 11.8 Å². The van der Waals surface area contributed by atoms with Gasteiger partial charge in [0, 0.05) is 25.2 Å². The van der Waals surface area contributed by atoms with Crippen molar-refractivity contribution in [2.75, 3.05) is 19.0 Å². The first-order valence-corrected chi connectivity index (χ1v) is 8.78. The number of para-hydroxylation sites is 1. The van der Waals surface area contributed by atoms with Crippen molar-refractivity contribution >= 4 is 17.6 Å². The third kappa shape index (κ3) is 4.77. The van der Waals surface area contributed by atoms with Crippen LogP contribution in [0.15, 0.2) is 54.6 Å². The summed E-state index contributed by atoms with van der Waals surface area (Å²) in [7, 11) is 1.59. The minimum atomic E-state index is -0.719. The van der Waals surface area contributed by atoms with Gasteiger partial charge >= 0.3 is 6.03 Å². The van der Waals surface area contributed by atoms with Crippen molar-refractivity contribution in [2.45, 2.75) is 25.1 Å². The molecule has 2 aromatic rings. The Morgan fingerprint density at radius 2 is 1.85 bits per heavy atom. The van der Waals surface area contributed by atoms with Crippen LogP contribution >= 0.6 is 0 Å². The predicted octanol–water partition coefficient (Wildman–Crippen LogP) is 1.98. The number of likely N-dealkylation sites (tertiary alicyclic amines) is 1. The summed E-state index contributed by atoms with van der Waals surface area (Å²) in [6, 6.07) is 15.3. The normalized spacial score (nSPS) is 18.8. The van der Waals surface area contributed by atoms with Gasteiger partial charge in [-0.05, 0) is 29.8 Å². The highest BCUT2D eigenvalue weighted by atomic mass is 16.5. The van der Waals surface area contributed by atoms with Crippen LogP contribution in [0.25, 0.3) is 0 Å². The molecule has 0 radical (unpaired) electrons. The van der Waals surface area contributed by atoms with Gasteiger partial charge in [-0.25, -0.2) is 4.79 Å². The number of β-amino-alcohol motifs (C(OH)–C–C–N with tert-alkyl or cyclic N) is 1. The van der Waals surface area contributed by atoms with Crippen molar-refractivity contribution in [1.29, 1.82) is 0 Å². The van der Waals surface area contributed by atoms with Gasteiger partial charge in [0.25, 0.3) is 0 Å². The highest BCUT2D eigenvalue weighted by Gasteiger charge is 2.38. The first-order valence-electron chi connectivity index (χ1n) is 8.78. The van der Waals surface area contributed by atoms with Crippen LogP contribution in [0, 0.1) is 0 Å². The number of aliphatic hydroxyl groups is 1. The summed E-state index contributed by atoms with van der Waals surface area (Å²) >= 11 is 0. The molecule has 1 fully saturated rings. The molecule has 0 bridgehead atoms. The fourth-order valence-corrected chi connectivity index (χ4v) is 3.05. The summed E-state index contributed by atoms with van der Waals surface area (Å²) in [5, 5.41) is 15.6. The summed E-state index contributed by atoms with van der Waals surface area (Å²) in [5.41, 5.74) is 1.56. The second kappa shape index (κ2) is 8.55. The Labute approximate surface area is 157 Å². The van der Waals surface area contributed by atoms with Crippen LogP contribution in [-0.2, 0) is 11.3 Å². The molecule has 2 atom stereocenters. The first-order chi connectivity index (χ1) is 13.1. The van der Waals surface area contributed by atoms with Gasteiger partial charge in [-0.1, -0.05) is 30.3 Å². The molecule has 27 heavy (non-hydrogen) atoms. The van der Waals surface area contributed by atoms with Gasteiger partial charge in [-0.15, -0.1) is 0 Å². The molecular formula is C20H23N3O4. The number of nitrogens with zero attached hydrogens (tertiary/aromatic N) is 1. The molecule has 3 amide bonds. The highest BCUT2D eigenvalue weighted by molar-refractivity contribution is 5.94. The van der Waals surface area contributed by atoms with Gasteiger partial charge in [0.15, 0.2) is 0 Å². The molecule has 7 heteroatoms. The maximum Gasteiger partial charge on any atom is 0.322 e. The molecule has 0 saturated carbocycles. The molecule has 3 rings (SSSR count). The van der Waals surface area contributed by atoms with Crippen LogP contribution in [0.3, 0.4) is 0 Å². The lowest BCUT2D eigenvalue weighted by molar-refractivity contribution is -0.124. The van der Waals surface area contributed by atoms with Gasteiger partial charge in [0.2, 0.25) is 5.91 Å². The largest absolute Gasteiger partial charge is 0.497 e. The van der Waals surface area contributed by atoms with E-state index in [-0.39, 0.29) is 18.9 Å². The number of carbonyl (C=O) groups excluding carboxylic acids is 2. The molecule has 2 aromatic carbocycles. The van der Waals surface area contributed by atoms with Crippen LogP contribution < -0.4 is 15.4 Å². The van der Waals surface area contributed by atoms with E-state index in [9.17, 15) is 14.7 Å². The molecule has 0 spiro atoms. The third-order valence-electron chi connectivity index (χ3n) is 4.49. The summed E-state index contributed by atoms with van der Waals surface area (Å²) in [6.07, 6.45) is -0.500. The van der Waals surface area contributed by atoms with Crippen molar-refractivity contribution in [1.82, 2.24) is 10.2 Å². The number of aliphatic hydroxyl groups excluding tert-OH is 1. The Morgan fingerprint density at radius 1 is 1.15 bits per heavy atom. The summed E-state index contributed by atoms with van der Waals surface area (Å²) < 4.78 is 5.11. The Bertz CT molecular complexity index is 780. The maximum absolute atomic E-state index is 12.6. The molecule has 142 valence electrons. The standard InChI is InChI=1S/C20H23N3O4/c1-27-17-9-7-14(8-10-17)12-21-19(25)18-11-16(24)13-23(18)20(26)22-15-5-3-2-4-6-15/h2-10,16,18,24H,11-13H2,1H3,(H,21,25)(H,22,26)/t16-,18-/m0/s1. The average Bonchev–Trinajstić information content (AvgIpc) is 3.09. The van der Waals surface area contributed by atoms with E-state index in [0.717, 1.165) is 11.3 Å². The smallest absolute Gasteiger partial charge is 0.322 e. The quantitative estimate of drug-likeness (QED) is 0.752. The highest BCUT2D eigenvalue weighted by Crippen LogP contribution is 2.20. The Morgan fingerprint density at radius 3 is 2.52 bits per heavy atom. The van der Waals surface area contributed by atoms with Crippen molar-refractivity contribution < 1.29 is 19.4 Å². The van der Waals surface area contributed by atoms with Crippen LogP contribution in [0.1, 0.15) is 12.0 Å². The predicted molar refractivity (Wildman–Crippen MR) is 101 cm³/mol. The summed E-state index contributed by atoms with van der Waals surface area (Å²) in [4.78, 5) is 26.5. The van der Waals surface area contributed by atoms with Crippen LogP contribution in [0.5, 0.6) is 5.75 Å². The lowest BCUT2D eigenvalue weighted by Crippen LogP contribution is -2.47. The Hall–Kier alpha value is -3.06. The molecule has 1 aliphatic heterocycles. The Balaban J connectivity index is 1.60. The number of urea groups is 1. The van der Waals surface area contributed by atoms with E-state index in [0.29, 0.717) is 12.2 Å². The second-order valence-electron chi connectivity index (χ2n) is 6.42. The van der Waals surface area contributed by atoms with Crippen LogP contribution in [0.2, 0.25) is 0 Å². The average molecular weight is 369 g/mol. The molecule has 1 heterocycles. The number of nitrogens with one attached hydrogen (secondary N) is 2. The number of amides is 3. The SMILES string of the molecule is COc1ccc(CNC(=O)[C@@H]2C[C@H](O)CN2C(=O)Nc2ccccc2)cc1.